The molecule has 4 nitrogen and oxygen atoms in total. The Morgan fingerprint density at radius 3 is 2.00 bits per heavy atom. The van der Waals surface area contributed by atoms with Gasteiger partial charge < -0.3 is 14.8 Å². The van der Waals surface area contributed by atoms with Crippen molar-refractivity contribution < 1.29 is 27.4 Å². The Bertz CT molecular complexity index is 967. The molecule has 0 bridgehead atoms. The summed E-state index contributed by atoms with van der Waals surface area (Å²) in [5.74, 6) is 0.638. The van der Waals surface area contributed by atoms with Crippen molar-refractivity contribution in [1.82, 2.24) is 0 Å². The lowest BCUT2D eigenvalue weighted by atomic mass is 10.2. The number of amides is 1. The van der Waals surface area contributed by atoms with Crippen molar-refractivity contribution in [3.63, 3.8) is 0 Å². The highest BCUT2D eigenvalue weighted by molar-refractivity contribution is 6.01. The predicted molar refractivity (Wildman–Crippen MR) is 104 cm³/mol. The molecule has 1 N–H and O–H groups in total. The summed E-state index contributed by atoms with van der Waals surface area (Å²) in [6, 6.07) is 21.3. The molecule has 0 spiro atoms. The van der Waals surface area contributed by atoms with Crippen LogP contribution in [-0.4, -0.2) is 12.3 Å². The van der Waals surface area contributed by atoms with Gasteiger partial charge in [-0.15, -0.1) is 13.2 Å². The van der Waals surface area contributed by atoms with Gasteiger partial charge in [-0.2, -0.15) is 0 Å². The summed E-state index contributed by atoms with van der Waals surface area (Å²) in [5, 5.41) is 2.69. The standard InChI is InChI=1S/C22H16F3NO3/c23-22(24,25)29-20-11-6-16(7-12-20)8-15-21(27)26-17-9-13-19(14-10-17)28-18-4-2-1-3-5-18/h1-15H,(H,26,27)/b15-8+. The minimum absolute atomic E-state index is 0.322. The summed E-state index contributed by atoms with van der Waals surface area (Å²) in [6.07, 6.45) is -1.97. The second-order valence-electron chi connectivity index (χ2n) is 5.88. The molecule has 3 aromatic carbocycles. The number of benzene rings is 3. The van der Waals surface area contributed by atoms with Crippen LogP contribution in [0.4, 0.5) is 18.9 Å². The number of para-hydroxylation sites is 1. The number of carbonyl (C=O) groups excluding carboxylic acids is 1. The molecular weight excluding hydrogens is 383 g/mol. The van der Waals surface area contributed by atoms with Crippen LogP contribution < -0.4 is 14.8 Å². The SMILES string of the molecule is O=C(/C=C/c1ccc(OC(F)(F)F)cc1)Nc1ccc(Oc2ccccc2)cc1. The third-order valence-corrected chi connectivity index (χ3v) is 3.64. The minimum Gasteiger partial charge on any atom is -0.457 e. The van der Waals surface area contributed by atoms with Gasteiger partial charge in [0.05, 0.1) is 0 Å². The van der Waals surface area contributed by atoms with Gasteiger partial charge in [0.25, 0.3) is 0 Å². The molecule has 0 fully saturated rings. The maximum Gasteiger partial charge on any atom is 0.573 e. The Balaban J connectivity index is 1.53. The second-order valence-corrected chi connectivity index (χ2v) is 5.88. The number of nitrogens with one attached hydrogen (secondary N) is 1. The van der Waals surface area contributed by atoms with Crippen molar-refractivity contribution in [3.05, 3.63) is 90.5 Å². The largest absolute Gasteiger partial charge is 0.573 e. The van der Waals surface area contributed by atoms with Crippen molar-refractivity contribution in [2.75, 3.05) is 5.32 Å². The molecule has 29 heavy (non-hydrogen) atoms. The fourth-order valence-electron chi connectivity index (χ4n) is 2.37. The molecule has 0 aliphatic heterocycles. The Morgan fingerprint density at radius 2 is 1.38 bits per heavy atom. The van der Waals surface area contributed by atoms with Crippen molar-refractivity contribution in [1.29, 1.82) is 0 Å². The summed E-state index contributed by atoms with van der Waals surface area (Å²) < 4.78 is 45.9. The predicted octanol–water partition coefficient (Wildman–Crippen LogP) is 6.03. The minimum atomic E-state index is -4.74. The van der Waals surface area contributed by atoms with Gasteiger partial charge in [0.15, 0.2) is 0 Å². The number of hydrogen-bond acceptors (Lipinski definition) is 3. The van der Waals surface area contributed by atoms with Gasteiger partial charge in [0.1, 0.15) is 17.2 Å². The van der Waals surface area contributed by atoms with Crippen LogP contribution in [0.25, 0.3) is 6.08 Å². The van der Waals surface area contributed by atoms with Crippen LogP contribution in [0, 0.1) is 0 Å². The fourth-order valence-corrected chi connectivity index (χ4v) is 2.37. The van der Waals surface area contributed by atoms with E-state index in [1.807, 2.05) is 30.3 Å². The van der Waals surface area contributed by atoms with Crippen molar-refractivity contribution in [3.8, 4) is 17.2 Å². The Hall–Kier alpha value is -3.74. The zero-order chi connectivity index (χ0) is 20.7. The van der Waals surface area contributed by atoms with Crippen molar-refractivity contribution in [2.45, 2.75) is 6.36 Å². The Kier molecular flexibility index (Phi) is 6.19. The summed E-state index contributed by atoms with van der Waals surface area (Å²) in [5.41, 5.74) is 1.13. The molecule has 0 radical (unpaired) electrons. The summed E-state index contributed by atoms with van der Waals surface area (Å²) in [6.45, 7) is 0. The van der Waals surface area contributed by atoms with E-state index in [4.69, 9.17) is 4.74 Å². The smallest absolute Gasteiger partial charge is 0.457 e. The normalized spacial score (nSPS) is 11.3. The van der Waals surface area contributed by atoms with E-state index in [-0.39, 0.29) is 11.7 Å². The highest BCUT2D eigenvalue weighted by Gasteiger charge is 2.30. The molecule has 0 aliphatic rings. The first-order chi connectivity index (χ1) is 13.9. The number of halogens is 3. The first kappa shape index (κ1) is 20.0. The van der Waals surface area contributed by atoms with Crippen LogP contribution in [0.15, 0.2) is 84.9 Å². The topological polar surface area (TPSA) is 47.6 Å². The van der Waals surface area contributed by atoms with Gasteiger partial charge in [-0.1, -0.05) is 30.3 Å². The molecule has 1 amide bonds. The Morgan fingerprint density at radius 1 is 0.793 bits per heavy atom. The van der Waals surface area contributed by atoms with E-state index < -0.39 is 6.36 Å². The van der Waals surface area contributed by atoms with Crippen LogP contribution >= 0.6 is 0 Å². The summed E-state index contributed by atoms with van der Waals surface area (Å²) in [7, 11) is 0. The van der Waals surface area contributed by atoms with Crippen LogP contribution in [-0.2, 0) is 4.79 Å². The number of rotatable bonds is 6. The number of carbonyl (C=O) groups is 1. The summed E-state index contributed by atoms with van der Waals surface area (Å²) in [4.78, 5) is 12.0. The molecule has 0 aliphatic carbocycles. The molecule has 3 rings (SSSR count). The van der Waals surface area contributed by atoms with E-state index in [0.717, 1.165) is 0 Å². The van der Waals surface area contributed by atoms with E-state index >= 15 is 0 Å². The average molecular weight is 399 g/mol. The summed E-state index contributed by atoms with van der Waals surface area (Å²) >= 11 is 0. The van der Waals surface area contributed by atoms with E-state index in [0.29, 0.717) is 22.7 Å². The zero-order valence-corrected chi connectivity index (χ0v) is 15.0. The first-order valence-electron chi connectivity index (χ1n) is 8.55. The van der Waals surface area contributed by atoms with E-state index in [1.54, 1.807) is 24.3 Å². The molecule has 148 valence electrons. The lowest BCUT2D eigenvalue weighted by Gasteiger charge is -2.08. The van der Waals surface area contributed by atoms with Crippen LogP contribution in [0.5, 0.6) is 17.2 Å². The molecular formula is C22H16F3NO3. The molecule has 0 saturated carbocycles. The third kappa shape index (κ3) is 6.73. The quantitative estimate of drug-likeness (QED) is 0.515. The monoisotopic (exact) mass is 399 g/mol. The van der Waals surface area contributed by atoms with Gasteiger partial charge in [-0.3, -0.25) is 4.79 Å². The van der Waals surface area contributed by atoms with Crippen LogP contribution in [0.3, 0.4) is 0 Å². The van der Waals surface area contributed by atoms with E-state index in [9.17, 15) is 18.0 Å². The molecule has 0 unspecified atom stereocenters. The number of hydrogen-bond donors (Lipinski definition) is 1. The zero-order valence-electron chi connectivity index (χ0n) is 15.0. The highest BCUT2D eigenvalue weighted by atomic mass is 19.4. The van der Waals surface area contributed by atoms with E-state index in [2.05, 4.69) is 10.1 Å². The Labute approximate surface area is 165 Å². The number of anilines is 1. The van der Waals surface area contributed by atoms with Gasteiger partial charge in [0.2, 0.25) is 5.91 Å². The number of alkyl halides is 3. The van der Waals surface area contributed by atoms with Crippen molar-refractivity contribution in [2.24, 2.45) is 0 Å². The van der Waals surface area contributed by atoms with E-state index in [1.165, 1.54) is 36.4 Å². The molecule has 0 aromatic heterocycles. The first-order valence-corrected chi connectivity index (χ1v) is 8.55. The molecule has 0 saturated heterocycles. The molecule has 0 heterocycles. The lowest BCUT2D eigenvalue weighted by Crippen LogP contribution is -2.16. The maximum atomic E-state index is 12.1. The third-order valence-electron chi connectivity index (χ3n) is 3.64. The number of ether oxygens (including phenoxy) is 2. The second kappa shape index (κ2) is 8.97. The average Bonchev–Trinajstić information content (AvgIpc) is 2.69. The van der Waals surface area contributed by atoms with Crippen LogP contribution in [0.1, 0.15) is 5.56 Å². The lowest BCUT2D eigenvalue weighted by molar-refractivity contribution is -0.274. The molecule has 0 atom stereocenters. The van der Waals surface area contributed by atoms with Gasteiger partial charge in [-0.25, -0.2) is 0 Å². The maximum absolute atomic E-state index is 12.1. The van der Waals surface area contributed by atoms with Gasteiger partial charge >= 0.3 is 6.36 Å². The molecule has 3 aromatic rings. The van der Waals surface area contributed by atoms with Crippen LogP contribution in [0.2, 0.25) is 0 Å². The van der Waals surface area contributed by atoms with Gasteiger partial charge in [-0.05, 0) is 60.2 Å². The fraction of sp³-hybridized carbons (Fsp3) is 0.0455. The van der Waals surface area contributed by atoms with Crippen molar-refractivity contribution >= 4 is 17.7 Å². The van der Waals surface area contributed by atoms with Gasteiger partial charge in [0, 0.05) is 11.8 Å². The molecule has 7 heteroatoms. The highest BCUT2D eigenvalue weighted by Crippen LogP contribution is 2.24.